The molecule has 0 bridgehead atoms. The molecule has 106 valence electrons. The number of hydrogen-bond acceptors (Lipinski definition) is 2. The SMILES string of the molecule is CCC(C)CCC(COC=Cc1ccccc1)OC. The zero-order valence-corrected chi connectivity index (χ0v) is 12.3. The van der Waals surface area contributed by atoms with Crippen LogP contribution in [0.1, 0.15) is 38.7 Å². The third-order valence-corrected chi connectivity index (χ3v) is 3.45. The van der Waals surface area contributed by atoms with Gasteiger partial charge in [0.25, 0.3) is 0 Å². The van der Waals surface area contributed by atoms with Crippen molar-refractivity contribution in [3.63, 3.8) is 0 Å². The lowest BCUT2D eigenvalue weighted by Crippen LogP contribution is -2.17. The summed E-state index contributed by atoms with van der Waals surface area (Å²) in [4.78, 5) is 0. The van der Waals surface area contributed by atoms with Crippen LogP contribution in [0.25, 0.3) is 6.08 Å². The van der Waals surface area contributed by atoms with Gasteiger partial charge >= 0.3 is 0 Å². The number of benzene rings is 1. The highest BCUT2D eigenvalue weighted by Gasteiger charge is 2.09. The van der Waals surface area contributed by atoms with Gasteiger partial charge < -0.3 is 9.47 Å². The molecule has 19 heavy (non-hydrogen) atoms. The fourth-order valence-electron chi connectivity index (χ4n) is 1.80. The van der Waals surface area contributed by atoms with Gasteiger partial charge in [-0.2, -0.15) is 0 Å². The molecule has 0 spiro atoms. The Balaban J connectivity index is 2.24. The van der Waals surface area contributed by atoms with Crippen molar-refractivity contribution < 1.29 is 9.47 Å². The molecule has 1 aromatic rings. The van der Waals surface area contributed by atoms with Gasteiger partial charge in [-0.25, -0.2) is 0 Å². The fraction of sp³-hybridized carbons (Fsp3) is 0.529. The van der Waals surface area contributed by atoms with E-state index in [1.807, 2.05) is 24.3 Å². The largest absolute Gasteiger partial charge is 0.498 e. The molecular weight excluding hydrogens is 236 g/mol. The smallest absolute Gasteiger partial charge is 0.113 e. The Morgan fingerprint density at radius 3 is 2.53 bits per heavy atom. The second kappa shape index (κ2) is 9.62. The molecule has 2 unspecified atom stereocenters. The lowest BCUT2D eigenvalue weighted by molar-refractivity contribution is 0.0333. The van der Waals surface area contributed by atoms with E-state index in [0.29, 0.717) is 6.61 Å². The average Bonchev–Trinajstić information content (AvgIpc) is 2.47. The number of rotatable bonds is 9. The van der Waals surface area contributed by atoms with Gasteiger partial charge in [-0.3, -0.25) is 0 Å². The van der Waals surface area contributed by atoms with Crippen molar-refractivity contribution >= 4 is 6.08 Å². The molecule has 2 atom stereocenters. The van der Waals surface area contributed by atoms with Crippen LogP contribution < -0.4 is 0 Å². The predicted molar refractivity (Wildman–Crippen MR) is 80.9 cm³/mol. The molecule has 0 N–H and O–H groups in total. The van der Waals surface area contributed by atoms with Crippen molar-refractivity contribution in [3.8, 4) is 0 Å². The van der Waals surface area contributed by atoms with E-state index in [2.05, 4.69) is 26.0 Å². The zero-order valence-electron chi connectivity index (χ0n) is 12.3. The van der Waals surface area contributed by atoms with Crippen LogP contribution in [0.2, 0.25) is 0 Å². The molecule has 1 rings (SSSR count). The van der Waals surface area contributed by atoms with Crippen LogP contribution in [0.5, 0.6) is 0 Å². The highest BCUT2D eigenvalue weighted by molar-refractivity contribution is 5.47. The number of hydrogen-bond donors (Lipinski definition) is 0. The third kappa shape index (κ3) is 7.02. The molecule has 2 nitrogen and oxygen atoms in total. The summed E-state index contributed by atoms with van der Waals surface area (Å²) in [5.74, 6) is 0.762. The minimum absolute atomic E-state index is 0.189. The Morgan fingerprint density at radius 2 is 1.89 bits per heavy atom. The van der Waals surface area contributed by atoms with Crippen molar-refractivity contribution in [2.75, 3.05) is 13.7 Å². The minimum Gasteiger partial charge on any atom is -0.498 e. The van der Waals surface area contributed by atoms with E-state index in [0.717, 1.165) is 17.9 Å². The monoisotopic (exact) mass is 262 g/mol. The minimum atomic E-state index is 0.189. The number of ether oxygens (including phenoxy) is 2. The van der Waals surface area contributed by atoms with Crippen LogP contribution in [0.4, 0.5) is 0 Å². The molecule has 0 aliphatic heterocycles. The van der Waals surface area contributed by atoms with Gasteiger partial charge in [0.2, 0.25) is 0 Å². The molecular formula is C17H26O2. The number of methoxy groups -OCH3 is 1. The molecule has 0 saturated heterocycles. The van der Waals surface area contributed by atoms with Crippen molar-refractivity contribution in [2.24, 2.45) is 5.92 Å². The summed E-state index contributed by atoms with van der Waals surface area (Å²) in [6.07, 6.45) is 7.40. The summed E-state index contributed by atoms with van der Waals surface area (Å²) in [6.45, 7) is 5.13. The normalized spacial score (nSPS) is 14.5. The van der Waals surface area contributed by atoms with Crippen molar-refractivity contribution in [2.45, 2.75) is 39.2 Å². The first-order chi connectivity index (χ1) is 9.26. The van der Waals surface area contributed by atoms with Crippen LogP contribution in [0.15, 0.2) is 36.6 Å². The molecule has 0 fully saturated rings. The highest BCUT2D eigenvalue weighted by atomic mass is 16.5. The van der Waals surface area contributed by atoms with E-state index in [-0.39, 0.29) is 6.10 Å². The summed E-state index contributed by atoms with van der Waals surface area (Å²) in [7, 11) is 1.76. The molecule has 0 heterocycles. The van der Waals surface area contributed by atoms with Crippen LogP contribution in [0, 0.1) is 5.92 Å². The first-order valence-electron chi connectivity index (χ1n) is 7.12. The Labute approximate surface area is 117 Å². The third-order valence-electron chi connectivity index (χ3n) is 3.45. The molecule has 0 saturated carbocycles. The van der Waals surface area contributed by atoms with Gasteiger partial charge in [0.05, 0.1) is 12.4 Å². The van der Waals surface area contributed by atoms with E-state index in [4.69, 9.17) is 9.47 Å². The topological polar surface area (TPSA) is 18.5 Å². The van der Waals surface area contributed by atoms with Crippen molar-refractivity contribution in [3.05, 3.63) is 42.2 Å². The van der Waals surface area contributed by atoms with Crippen molar-refractivity contribution in [1.29, 1.82) is 0 Å². The summed E-state index contributed by atoms with van der Waals surface area (Å²) in [5.41, 5.74) is 1.15. The second-order valence-corrected chi connectivity index (χ2v) is 5.00. The van der Waals surface area contributed by atoms with E-state index in [1.165, 1.54) is 12.8 Å². The predicted octanol–water partition coefficient (Wildman–Crippen LogP) is 4.52. The Morgan fingerprint density at radius 1 is 1.16 bits per heavy atom. The van der Waals surface area contributed by atoms with Gasteiger partial charge in [0.1, 0.15) is 6.61 Å². The quantitative estimate of drug-likeness (QED) is 0.609. The summed E-state index contributed by atoms with van der Waals surface area (Å²) in [6, 6.07) is 10.1. The molecule has 2 heteroatoms. The van der Waals surface area contributed by atoms with Crippen LogP contribution in [-0.4, -0.2) is 19.8 Å². The maximum atomic E-state index is 5.55. The van der Waals surface area contributed by atoms with Crippen LogP contribution in [0.3, 0.4) is 0 Å². The van der Waals surface area contributed by atoms with Gasteiger partial charge in [0, 0.05) is 7.11 Å². The summed E-state index contributed by atoms with van der Waals surface area (Å²) >= 11 is 0. The molecule has 0 aromatic heterocycles. The highest BCUT2D eigenvalue weighted by Crippen LogP contribution is 2.13. The van der Waals surface area contributed by atoms with E-state index >= 15 is 0 Å². The van der Waals surface area contributed by atoms with Gasteiger partial charge in [-0.15, -0.1) is 0 Å². The molecule has 0 aliphatic rings. The zero-order chi connectivity index (χ0) is 13.9. The Hall–Kier alpha value is -1.28. The van der Waals surface area contributed by atoms with Gasteiger partial charge in [-0.05, 0) is 30.4 Å². The summed E-state index contributed by atoms with van der Waals surface area (Å²) in [5, 5.41) is 0. The van der Waals surface area contributed by atoms with Crippen molar-refractivity contribution in [1.82, 2.24) is 0 Å². The van der Waals surface area contributed by atoms with Crippen LogP contribution >= 0.6 is 0 Å². The van der Waals surface area contributed by atoms with Gasteiger partial charge in [-0.1, -0.05) is 50.6 Å². The molecule has 0 amide bonds. The molecule has 0 aliphatic carbocycles. The molecule has 1 aromatic carbocycles. The summed E-state index contributed by atoms with van der Waals surface area (Å²) < 4.78 is 11.0. The second-order valence-electron chi connectivity index (χ2n) is 5.00. The van der Waals surface area contributed by atoms with Crippen LogP contribution in [-0.2, 0) is 9.47 Å². The van der Waals surface area contributed by atoms with E-state index in [9.17, 15) is 0 Å². The first-order valence-corrected chi connectivity index (χ1v) is 7.12. The maximum absolute atomic E-state index is 5.55. The first kappa shape index (κ1) is 15.8. The molecule has 0 radical (unpaired) electrons. The average molecular weight is 262 g/mol. The standard InChI is InChI=1S/C17H26O2/c1-4-15(2)10-11-17(18-3)14-19-13-12-16-8-6-5-7-9-16/h5-9,12-13,15,17H,4,10-11,14H2,1-3H3. The van der Waals surface area contributed by atoms with E-state index < -0.39 is 0 Å². The fourth-order valence-corrected chi connectivity index (χ4v) is 1.80. The van der Waals surface area contributed by atoms with E-state index in [1.54, 1.807) is 13.4 Å². The van der Waals surface area contributed by atoms with Gasteiger partial charge in [0.15, 0.2) is 0 Å². The Kier molecular flexibility index (Phi) is 7.99. The maximum Gasteiger partial charge on any atom is 0.113 e. The Bertz CT molecular complexity index is 346. The lowest BCUT2D eigenvalue weighted by atomic mass is 10.0. The lowest BCUT2D eigenvalue weighted by Gasteiger charge is -2.16.